The highest BCUT2D eigenvalue weighted by molar-refractivity contribution is 6.05. The van der Waals surface area contributed by atoms with Gasteiger partial charge in [-0.3, -0.25) is 39.4 Å². The Morgan fingerprint density at radius 3 is 1.28 bits per heavy atom. The van der Waals surface area contributed by atoms with Gasteiger partial charge >= 0.3 is 5.97 Å². The Morgan fingerprint density at radius 1 is 0.474 bits per heavy atom. The van der Waals surface area contributed by atoms with E-state index in [0.29, 0.717) is 99.1 Å². The van der Waals surface area contributed by atoms with Gasteiger partial charge in [0, 0.05) is 92.7 Å². The zero-order chi connectivity index (χ0) is 68.2. The number of nitrogen functional groups attached to an aromatic ring is 2. The highest BCUT2D eigenvalue weighted by Crippen LogP contribution is 2.33. The Balaban J connectivity index is 0.000000207. The fourth-order valence-corrected chi connectivity index (χ4v) is 9.46. The number of amides is 6. The van der Waals surface area contributed by atoms with Crippen molar-refractivity contribution in [3.05, 3.63) is 160 Å². The molecule has 7 heterocycles. The number of nitrogens with one attached hydrogen (secondary N) is 2. The molecule has 0 unspecified atom stereocenters. The lowest BCUT2D eigenvalue weighted by Gasteiger charge is -2.12. The summed E-state index contributed by atoms with van der Waals surface area (Å²) in [5, 5.41) is 42.9. The normalized spacial score (nSPS) is 11.3. The van der Waals surface area contributed by atoms with Crippen LogP contribution in [0.1, 0.15) is 103 Å². The molecule has 0 aliphatic carbocycles. The average molecular weight is 1300 g/mol. The monoisotopic (exact) mass is 1300 g/mol. The number of aromatic nitrogens is 11. The van der Waals surface area contributed by atoms with E-state index in [1.165, 1.54) is 36.4 Å². The van der Waals surface area contributed by atoms with Crippen LogP contribution in [-0.4, -0.2) is 137 Å². The van der Waals surface area contributed by atoms with Crippen LogP contribution in [0.3, 0.4) is 0 Å². The molecule has 17 N–H and O–H groups in total. The number of nitrogens with zero attached hydrogens (tertiary/aromatic N) is 11. The zero-order valence-corrected chi connectivity index (χ0v) is 51.0. The molecule has 7 aromatic heterocycles. The zero-order valence-electron chi connectivity index (χ0n) is 51.0. The van der Waals surface area contributed by atoms with Crippen LogP contribution in [0.25, 0.3) is 44.1 Å². The Kier molecular flexibility index (Phi) is 20.7. The number of fused-ring (bicyclic) bond motifs is 4. The number of nitrogens with two attached hydrogens (primary N) is 6. The number of aryl methyl sites for hydroxylation is 3. The van der Waals surface area contributed by atoms with Crippen molar-refractivity contribution < 1.29 is 71.9 Å². The number of hydrogen-bond acceptors (Lipinski definition) is 23. The van der Waals surface area contributed by atoms with E-state index in [-0.39, 0.29) is 96.9 Å². The predicted octanol–water partition coefficient (Wildman–Crippen LogP) is 4.15. The maximum Gasteiger partial charge on any atom is 0.358 e. The van der Waals surface area contributed by atoms with Crippen LogP contribution >= 0.6 is 0 Å². The summed E-state index contributed by atoms with van der Waals surface area (Å²) in [4.78, 5) is 101. The van der Waals surface area contributed by atoms with E-state index in [9.17, 15) is 38.7 Å². The van der Waals surface area contributed by atoms with E-state index < -0.39 is 41.4 Å². The minimum Gasteiger partial charge on any atom is -0.491 e. The van der Waals surface area contributed by atoms with Crippen LogP contribution < -0.4 is 54.5 Å². The summed E-state index contributed by atoms with van der Waals surface area (Å²) in [6.07, 6.45) is 8.11. The number of rotatable bonds is 25. The van der Waals surface area contributed by atoms with E-state index in [2.05, 4.69) is 50.6 Å². The van der Waals surface area contributed by atoms with Crippen molar-refractivity contribution in [2.45, 2.75) is 59.8 Å². The highest BCUT2D eigenvalue weighted by atomic mass is 16.5. The maximum absolute atomic E-state index is 13.1. The number of carboxylic acids is 1. The number of aromatic carboxylic acids is 1. The summed E-state index contributed by atoms with van der Waals surface area (Å²) >= 11 is 0. The minimum absolute atomic E-state index is 0.0285. The van der Waals surface area contributed by atoms with Gasteiger partial charge in [0.2, 0.25) is 47.4 Å². The maximum atomic E-state index is 13.1. The number of carboxylic acid groups (broad SMARTS) is 1. The molecule has 11 aromatic rings. The van der Waals surface area contributed by atoms with Crippen LogP contribution in [0, 0.1) is 20.8 Å². The quantitative estimate of drug-likeness (QED) is 0.0283. The van der Waals surface area contributed by atoms with Crippen LogP contribution in [0.4, 0.5) is 23.8 Å². The second-order valence-corrected chi connectivity index (χ2v) is 20.8. The van der Waals surface area contributed by atoms with Gasteiger partial charge in [-0.25, -0.2) is 24.7 Å². The van der Waals surface area contributed by atoms with E-state index in [1.54, 1.807) is 93.7 Å². The van der Waals surface area contributed by atoms with Crippen LogP contribution in [0.15, 0.2) is 117 Å². The van der Waals surface area contributed by atoms with Crippen LogP contribution in [0.2, 0.25) is 0 Å². The number of hydrogen-bond donors (Lipinski definition) is 11. The first kappa shape index (κ1) is 66.7. The lowest BCUT2D eigenvalue weighted by molar-refractivity contribution is 0.0684. The molecule has 95 heavy (non-hydrogen) atoms. The van der Waals surface area contributed by atoms with Crippen molar-refractivity contribution in [3.8, 4) is 11.5 Å². The van der Waals surface area contributed by atoms with Crippen LogP contribution in [0.5, 0.6) is 11.5 Å². The van der Waals surface area contributed by atoms with Gasteiger partial charge in [-0.15, -0.1) is 0 Å². The number of carbonyl (C=O) groups is 7. The number of imidazole rings is 4. The first-order valence-electron chi connectivity index (χ1n) is 28.7. The summed E-state index contributed by atoms with van der Waals surface area (Å²) in [6.45, 7) is 6.30. The molecule has 6 amide bonds. The highest BCUT2D eigenvalue weighted by Gasteiger charge is 2.23. The first-order chi connectivity index (χ1) is 45.5. The second kappa shape index (κ2) is 29.5. The molecular weight excluding hydrogens is 1240 g/mol. The molecule has 34 nitrogen and oxygen atoms in total. The van der Waals surface area contributed by atoms with Gasteiger partial charge in [-0.2, -0.15) is 0 Å². The van der Waals surface area contributed by atoms with Crippen molar-refractivity contribution in [1.29, 1.82) is 0 Å². The second-order valence-electron chi connectivity index (χ2n) is 20.8. The van der Waals surface area contributed by atoms with E-state index in [0.717, 1.165) is 5.52 Å². The molecule has 0 aliphatic heterocycles. The predicted molar refractivity (Wildman–Crippen MR) is 341 cm³/mol. The molecular formula is C61H63N19O15. The molecule has 0 spiro atoms. The molecule has 0 saturated carbocycles. The molecule has 0 bridgehead atoms. The van der Waals surface area contributed by atoms with Gasteiger partial charge in [0.1, 0.15) is 39.8 Å². The summed E-state index contributed by atoms with van der Waals surface area (Å²) in [5.41, 5.74) is 39.3. The summed E-state index contributed by atoms with van der Waals surface area (Å²) in [7, 11) is 0. The molecule has 0 atom stereocenters. The van der Waals surface area contributed by atoms with Crippen molar-refractivity contribution in [1.82, 2.24) is 53.7 Å². The van der Waals surface area contributed by atoms with Crippen molar-refractivity contribution >= 4 is 109 Å². The number of aliphatic hydroxyl groups excluding tert-OH is 2. The fraction of sp³-hybridized carbons (Fsp3) is 0.213. The number of carbonyl (C=O) groups excluding carboxylic acids is 6. The number of anilines is 4. The lowest BCUT2D eigenvalue weighted by atomic mass is 10.1. The average Bonchev–Trinajstić information content (AvgIpc) is 1.68. The standard InChI is InChI=1S/C33H32N10O8.C23H26N8O4.C5H5NO3/c1-17-12-23(40-50-17)30(47)38-32-36-21-14-19(28(34)45)6-7-25(21)42(32)8-3-4-9-43-27-22(15-20(29(35)46)16-26(27)49-11-5-10-44)37-33(43)39-31(48)24-13-18(2)51-41-24;24-20(33)13-4-5-17-15(10-13)28-22(26)30(17)6-1-2-7-31-19-16(29-23(31)27)11-14(21(25)34)12-18(19)35-9-3-8-32;1-3-2-4(5(7)8)6-9-3/h3-4,6-7,12-16,44H,5,8-11H2,1-2H3,(H2,34,45)(H2,35,46)(H,36,38,47)(H,37,39,48);1-2,4-5,10-12,32H,3,6-9H2,(H2,24,33)(H2,25,34)(H2,26,28)(H2,27,29);2H,1H3,(H,7,8)/b4-3+;2-1+;. The minimum atomic E-state index is -1.06. The Bertz CT molecular complexity index is 4790. The molecule has 0 fully saturated rings. The third kappa shape index (κ3) is 15.7. The summed E-state index contributed by atoms with van der Waals surface area (Å²) in [5.74, 6) is -1.82. The fourth-order valence-electron chi connectivity index (χ4n) is 9.46. The van der Waals surface area contributed by atoms with Gasteiger partial charge in [0.25, 0.3) is 11.8 Å². The number of ether oxygens (including phenoxy) is 2. The summed E-state index contributed by atoms with van der Waals surface area (Å²) in [6, 6.07) is 20.1. The Labute approximate surface area is 535 Å². The topological polar surface area (TPSA) is 528 Å². The van der Waals surface area contributed by atoms with Crippen LogP contribution in [-0.2, 0) is 26.2 Å². The van der Waals surface area contributed by atoms with Crippen molar-refractivity contribution in [2.75, 3.05) is 48.5 Å². The number of aliphatic hydroxyl groups is 2. The largest absolute Gasteiger partial charge is 0.491 e. The van der Waals surface area contributed by atoms with E-state index >= 15 is 0 Å². The molecule has 0 saturated heterocycles. The molecule has 492 valence electrons. The van der Waals surface area contributed by atoms with Gasteiger partial charge in [-0.05, 0) is 81.4 Å². The number of benzene rings is 4. The Hall–Kier alpha value is -12.7. The van der Waals surface area contributed by atoms with Gasteiger partial charge < -0.3 is 91.0 Å². The summed E-state index contributed by atoms with van der Waals surface area (Å²) < 4.78 is 33.2. The van der Waals surface area contributed by atoms with Gasteiger partial charge in [0.15, 0.2) is 17.1 Å². The van der Waals surface area contributed by atoms with Gasteiger partial charge in [0.05, 0.1) is 46.3 Å². The number of allylic oxidation sites excluding steroid dienone is 4. The molecule has 0 radical (unpaired) electrons. The van der Waals surface area contributed by atoms with Gasteiger partial charge in [-0.1, -0.05) is 39.8 Å². The molecule has 11 rings (SSSR count). The van der Waals surface area contributed by atoms with Crippen molar-refractivity contribution in [3.63, 3.8) is 0 Å². The first-order valence-corrected chi connectivity index (χ1v) is 28.7. The lowest BCUT2D eigenvalue weighted by Crippen LogP contribution is -2.17. The molecule has 4 aromatic carbocycles. The SMILES string of the molecule is Cc1cc(C(=O)Nc2nc3cc(C(N)=O)ccc3n2C/C=C/Cn2c(NC(=O)c3cc(C)on3)nc3cc(C(N)=O)cc(OCCCO)c32)no1.Cc1cc(C(=O)O)no1.NC(=O)c1ccc2c(c1)nc(N)n2C/C=C/Cn1c(N)nc2cc(C(N)=O)cc(OCCCO)c21. The van der Waals surface area contributed by atoms with E-state index in [1.807, 2.05) is 12.2 Å². The smallest absolute Gasteiger partial charge is 0.358 e. The Morgan fingerprint density at radius 2 is 0.842 bits per heavy atom. The third-order valence-corrected chi connectivity index (χ3v) is 13.9. The number of primary amides is 4. The third-order valence-electron chi connectivity index (χ3n) is 13.9. The van der Waals surface area contributed by atoms with Crippen molar-refractivity contribution in [2.24, 2.45) is 22.9 Å². The molecule has 0 aliphatic rings. The molecule has 34 heteroatoms. The van der Waals surface area contributed by atoms with E-state index in [4.69, 9.17) is 63.1 Å².